The zero-order chi connectivity index (χ0) is 23.4. The Morgan fingerprint density at radius 3 is 2.19 bits per heavy atom. The number of rotatable bonds is 7. The van der Waals surface area contributed by atoms with Gasteiger partial charge in [0, 0.05) is 6.54 Å². The molecule has 0 fully saturated rings. The Morgan fingerprint density at radius 2 is 1.53 bits per heavy atom. The number of amides is 1. The predicted octanol–water partition coefficient (Wildman–Crippen LogP) is 4.60. The third kappa shape index (κ3) is 5.88. The quantitative estimate of drug-likeness (QED) is 0.558. The number of nitrogens with one attached hydrogen (secondary N) is 1. The molecule has 3 rings (SSSR count). The van der Waals surface area contributed by atoms with Gasteiger partial charge in [-0.3, -0.25) is 9.10 Å². The third-order valence-corrected chi connectivity index (χ3v) is 5.82. The van der Waals surface area contributed by atoms with E-state index >= 15 is 0 Å². The Morgan fingerprint density at radius 1 is 0.906 bits per heavy atom. The lowest BCUT2D eigenvalue weighted by Gasteiger charge is -2.24. The largest absolute Gasteiger partial charge is 0.416 e. The van der Waals surface area contributed by atoms with Gasteiger partial charge in [0.05, 0.1) is 29.6 Å². The number of sulfonamides is 1. The van der Waals surface area contributed by atoms with Crippen molar-refractivity contribution in [3.63, 3.8) is 0 Å². The number of nitrogens with zero attached hydrogens (tertiary/aromatic N) is 1. The van der Waals surface area contributed by atoms with Crippen molar-refractivity contribution < 1.29 is 26.4 Å². The second-order valence-electron chi connectivity index (χ2n) is 7.15. The fraction of sp³-hybridized carbons (Fsp3) is 0.174. The van der Waals surface area contributed by atoms with E-state index in [1.165, 1.54) is 24.3 Å². The molecule has 168 valence electrons. The lowest BCUT2D eigenvalue weighted by atomic mass is 10.1. The van der Waals surface area contributed by atoms with Crippen LogP contribution in [0.2, 0.25) is 0 Å². The van der Waals surface area contributed by atoms with Crippen molar-refractivity contribution >= 4 is 21.6 Å². The lowest BCUT2D eigenvalue weighted by molar-refractivity contribution is -0.137. The number of hydrogen-bond donors (Lipinski definition) is 1. The van der Waals surface area contributed by atoms with E-state index in [0.29, 0.717) is 0 Å². The summed E-state index contributed by atoms with van der Waals surface area (Å²) < 4.78 is 64.9. The molecule has 0 aliphatic rings. The smallest absolute Gasteiger partial charge is 0.348 e. The monoisotopic (exact) mass is 462 g/mol. The minimum Gasteiger partial charge on any atom is -0.348 e. The Kier molecular flexibility index (Phi) is 6.88. The summed E-state index contributed by atoms with van der Waals surface area (Å²) in [5.41, 5.74) is 0.476. The standard InChI is InChI=1S/C23H21F3N2O3S/c1-32(30,31)28(16-17-8-3-2-4-9-17)21-13-6-5-12-20(21)22(29)27-15-18-10-7-11-19(14-18)23(24,25)26/h2-14H,15-16H2,1H3,(H,27,29). The zero-order valence-corrected chi connectivity index (χ0v) is 18.0. The van der Waals surface area contributed by atoms with E-state index in [1.54, 1.807) is 36.4 Å². The molecule has 0 heterocycles. The molecule has 3 aromatic rings. The third-order valence-electron chi connectivity index (χ3n) is 4.69. The molecule has 0 bridgehead atoms. The first kappa shape index (κ1) is 23.3. The molecule has 9 heteroatoms. The molecule has 0 saturated heterocycles. The summed E-state index contributed by atoms with van der Waals surface area (Å²) in [6.45, 7) is -0.119. The first-order chi connectivity index (χ1) is 15.1. The van der Waals surface area contributed by atoms with Gasteiger partial charge in [0.1, 0.15) is 0 Å². The van der Waals surface area contributed by atoms with Crippen LogP contribution in [0.5, 0.6) is 0 Å². The summed E-state index contributed by atoms with van der Waals surface area (Å²) in [7, 11) is -3.73. The van der Waals surface area contributed by atoms with E-state index in [2.05, 4.69) is 5.32 Å². The molecule has 3 aromatic carbocycles. The van der Waals surface area contributed by atoms with Crippen molar-refractivity contribution in [2.45, 2.75) is 19.3 Å². The Hall–Kier alpha value is -3.33. The van der Waals surface area contributed by atoms with Crippen molar-refractivity contribution in [3.8, 4) is 0 Å². The van der Waals surface area contributed by atoms with Crippen LogP contribution in [0.3, 0.4) is 0 Å². The van der Waals surface area contributed by atoms with Crippen LogP contribution in [0.4, 0.5) is 18.9 Å². The number of carbonyl (C=O) groups excluding carboxylic acids is 1. The molecule has 0 aromatic heterocycles. The highest BCUT2D eigenvalue weighted by Crippen LogP contribution is 2.30. The summed E-state index contributed by atoms with van der Waals surface area (Å²) in [5.74, 6) is -0.597. The first-order valence-corrected chi connectivity index (χ1v) is 11.5. The van der Waals surface area contributed by atoms with E-state index in [-0.39, 0.29) is 29.9 Å². The van der Waals surface area contributed by atoms with Crippen LogP contribution < -0.4 is 9.62 Å². The fourth-order valence-corrected chi connectivity index (χ4v) is 4.05. The van der Waals surface area contributed by atoms with Gasteiger partial charge in [0.15, 0.2) is 0 Å². The van der Waals surface area contributed by atoms with Crippen molar-refractivity contribution in [2.24, 2.45) is 0 Å². The van der Waals surface area contributed by atoms with Gasteiger partial charge >= 0.3 is 6.18 Å². The molecule has 32 heavy (non-hydrogen) atoms. The predicted molar refractivity (Wildman–Crippen MR) is 117 cm³/mol. The second kappa shape index (κ2) is 9.44. The molecule has 0 saturated carbocycles. The Labute approximate surface area is 184 Å². The van der Waals surface area contributed by atoms with E-state index < -0.39 is 27.7 Å². The highest BCUT2D eigenvalue weighted by molar-refractivity contribution is 7.92. The van der Waals surface area contributed by atoms with Crippen molar-refractivity contribution in [3.05, 3.63) is 101 Å². The van der Waals surface area contributed by atoms with Gasteiger partial charge in [-0.1, -0.05) is 54.6 Å². The molecule has 1 amide bonds. The number of alkyl halides is 3. The molecule has 0 aliphatic heterocycles. The molecule has 0 atom stereocenters. The Bertz CT molecular complexity index is 1200. The van der Waals surface area contributed by atoms with E-state index in [4.69, 9.17) is 0 Å². The van der Waals surface area contributed by atoms with Crippen LogP contribution in [0, 0.1) is 0 Å². The molecule has 1 N–H and O–H groups in total. The zero-order valence-electron chi connectivity index (χ0n) is 17.1. The van der Waals surface area contributed by atoms with Crippen LogP contribution in [-0.4, -0.2) is 20.6 Å². The average Bonchev–Trinajstić information content (AvgIpc) is 2.75. The van der Waals surface area contributed by atoms with Crippen LogP contribution in [0.25, 0.3) is 0 Å². The number of anilines is 1. The summed E-state index contributed by atoms with van der Waals surface area (Å²) in [6.07, 6.45) is -3.44. The minimum absolute atomic E-state index is 0.0254. The second-order valence-corrected chi connectivity index (χ2v) is 9.06. The average molecular weight is 462 g/mol. The van der Waals surface area contributed by atoms with Crippen molar-refractivity contribution in [1.82, 2.24) is 5.32 Å². The molecule has 0 spiro atoms. The van der Waals surface area contributed by atoms with Gasteiger partial charge in [-0.05, 0) is 35.4 Å². The summed E-state index contributed by atoms with van der Waals surface area (Å²) in [6, 6.07) is 19.8. The summed E-state index contributed by atoms with van der Waals surface area (Å²) in [5, 5.41) is 2.58. The number of carbonyl (C=O) groups is 1. The summed E-state index contributed by atoms with van der Waals surface area (Å²) in [4.78, 5) is 12.8. The highest BCUT2D eigenvalue weighted by atomic mass is 32.2. The lowest BCUT2D eigenvalue weighted by Crippen LogP contribution is -2.32. The normalized spacial score (nSPS) is 11.8. The van der Waals surface area contributed by atoms with E-state index in [0.717, 1.165) is 28.3 Å². The van der Waals surface area contributed by atoms with E-state index in [1.807, 2.05) is 6.07 Å². The number of para-hydroxylation sites is 1. The minimum atomic E-state index is -4.49. The summed E-state index contributed by atoms with van der Waals surface area (Å²) >= 11 is 0. The molecule has 0 unspecified atom stereocenters. The van der Waals surface area contributed by atoms with Gasteiger partial charge in [-0.25, -0.2) is 8.42 Å². The van der Waals surface area contributed by atoms with Gasteiger partial charge in [-0.2, -0.15) is 13.2 Å². The molecular formula is C23H21F3N2O3S. The van der Waals surface area contributed by atoms with Gasteiger partial charge in [0.25, 0.3) is 5.91 Å². The van der Waals surface area contributed by atoms with Gasteiger partial charge in [-0.15, -0.1) is 0 Å². The first-order valence-electron chi connectivity index (χ1n) is 9.61. The fourth-order valence-electron chi connectivity index (χ4n) is 3.15. The van der Waals surface area contributed by atoms with Crippen molar-refractivity contribution in [2.75, 3.05) is 10.6 Å². The number of halogens is 3. The maximum absolute atomic E-state index is 12.9. The maximum Gasteiger partial charge on any atom is 0.416 e. The van der Waals surface area contributed by atoms with Gasteiger partial charge in [0.2, 0.25) is 10.0 Å². The molecule has 0 aliphatic carbocycles. The maximum atomic E-state index is 12.9. The molecule has 0 radical (unpaired) electrons. The number of hydrogen-bond acceptors (Lipinski definition) is 3. The van der Waals surface area contributed by atoms with Crippen LogP contribution >= 0.6 is 0 Å². The van der Waals surface area contributed by atoms with E-state index in [9.17, 15) is 26.4 Å². The number of benzene rings is 3. The molecular weight excluding hydrogens is 441 g/mol. The van der Waals surface area contributed by atoms with Gasteiger partial charge < -0.3 is 5.32 Å². The van der Waals surface area contributed by atoms with Crippen LogP contribution in [0.15, 0.2) is 78.9 Å². The Balaban J connectivity index is 1.85. The topological polar surface area (TPSA) is 66.5 Å². The highest BCUT2D eigenvalue weighted by Gasteiger charge is 2.30. The molecule has 5 nitrogen and oxygen atoms in total. The van der Waals surface area contributed by atoms with Crippen molar-refractivity contribution in [1.29, 1.82) is 0 Å². The van der Waals surface area contributed by atoms with Crippen LogP contribution in [-0.2, 0) is 29.3 Å². The SMILES string of the molecule is CS(=O)(=O)N(Cc1ccccc1)c1ccccc1C(=O)NCc1cccc(C(F)(F)F)c1. The van der Waals surface area contributed by atoms with Crippen LogP contribution in [0.1, 0.15) is 27.0 Å².